The molecule has 0 amide bonds. The zero-order valence-corrected chi connectivity index (χ0v) is 19.8. The Morgan fingerprint density at radius 2 is 1.83 bits per heavy atom. The highest BCUT2D eigenvalue weighted by Gasteiger charge is 2.31. The number of nitrogen functional groups attached to an aromatic ring is 1. The number of hydrogen-bond acceptors (Lipinski definition) is 7. The van der Waals surface area contributed by atoms with Crippen LogP contribution in [0.25, 0.3) is 10.9 Å². The standard InChI is InChI=1S/C25H30F3N7/c1-34-9-4-17(5-10-34)21-14-20-22(15-31-21)32-24(35-7-2-8-35)33-23(20)30-6-3-16-11-18(25(26,27)28)13-19(29)12-16/h11-15,17H,2-10,29H2,1H3,(H,30,32,33). The van der Waals surface area contributed by atoms with Crippen LogP contribution in [0.4, 0.5) is 30.6 Å². The summed E-state index contributed by atoms with van der Waals surface area (Å²) in [5, 5.41) is 4.25. The van der Waals surface area contributed by atoms with Crippen molar-refractivity contribution in [2.75, 3.05) is 55.7 Å². The molecule has 2 aliphatic heterocycles. The average molecular weight is 486 g/mol. The first-order valence-electron chi connectivity index (χ1n) is 12.1. The van der Waals surface area contributed by atoms with Crippen molar-refractivity contribution in [3.63, 3.8) is 0 Å². The van der Waals surface area contributed by atoms with E-state index in [0.717, 1.165) is 74.2 Å². The summed E-state index contributed by atoms with van der Waals surface area (Å²) >= 11 is 0. The third-order valence-corrected chi connectivity index (χ3v) is 6.92. The molecular formula is C25H30F3N7. The Morgan fingerprint density at radius 1 is 1.06 bits per heavy atom. The third kappa shape index (κ3) is 5.27. The smallest absolute Gasteiger partial charge is 0.399 e. The number of aromatic nitrogens is 3. The molecule has 2 saturated heterocycles. The molecule has 0 saturated carbocycles. The van der Waals surface area contributed by atoms with Gasteiger partial charge in [-0.2, -0.15) is 18.2 Å². The van der Waals surface area contributed by atoms with Gasteiger partial charge in [0.05, 0.1) is 17.3 Å². The summed E-state index contributed by atoms with van der Waals surface area (Å²) in [5.41, 5.74) is 7.44. The summed E-state index contributed by atoms with van der Waals surface area (Å²) in [6.07, 6.45) is 0.999. The fraction of sp³-hybridized carbons (Fsp3) is 0.480. The molecule has 5 rings (SSSR count). The van der Waals surface area contributed by atoms with Gasteiger partial charge < -0.3 is 20.9 Å². The van der Waals surface area contributed by atoms with Gasteiger partial charge in [0.2, 0.25) is 5.95 Å². The summed E-state index contributed by atoms with van der Waals surface area (Å²) in [6.45, 7) is 4.32. The first kappa shape index (κ1) is 23.6. The Hall–Kier alpha value is -3.14. The van der Waals surface area contributed by atoms with Crippen LogP contribution in [0.3, 0.4) is 0 Å². The summed E-state index contributed by atoms with van der Waals surface area (Å²) in [7, 11) is 2.13. The SMILES string of the molecule is CN1CCC(c2cc3c(NCCc4cc(N)cc(C(F)(F)F)c4)nc(N4CCC4)nc3cn2)CC1. The van der Waals surface area contributed by atoms with E-state index >= 15 is 0 Å². The summed E-state index contributed by atoms with van der Waals surface area (Å²) < 4.78 is 39.5. The van der Waals surface area contributed by atoms with Crippen LogP contribution in [0.2, 0.25) is 0 Å². The molecule has 3 N–H and O–H groups in total. The molecule has 0 radical (unpaired) electrons. The topological polar surface area (TPSA) is 83.2 Å². The van der Waals surface area contributed by atoms with Crippen LogP contribution in [-0.4, -0.2) is 59.6 Å². The Balaban J connectivity index is 1.40. The maximum atomic E-state index is 13.2. The number of nitrogens with zero attached hydrogens (tertiary/aromatic N) is 5. The number of hydrogen-bond donors (Lipinski definition) is 2. The van der Waals surface area contributed by atoms with Crippen molar-refractivity contribution in [3.8, 4) is 0 Å². The predicted molar refractivity (Wildman–Crippen MR) is 132 cm³/mol. The lowest BCUT2D eigenvalue weighted by Gasteiger charge is -2.31. The van der Waals surface area contributed by atoms with Crippen molar-refractivity contribution in [3.05, 3.63) is 47.3 Å². The van der Waals surface area contributed by atoms with Crippen molar-refractivity contribution in [1.29, 1.82) is 0 Å². The third-order valence-electron chi connectivity index (χ3n) is 6.92. The van der Waals surface area contributed by atoms with Crippen LogP contribution in [0, 0.1) is 0 Å². The quantitative estimate of drug-likeness (QED) is 0.504. The first-order chi connectivity index (χ1) is 16.8. The molecule has 2 fully saturated rings. The van der Waals surface area contributed by atoms with Gasteiger partial charge in [0.25, 0.3) is 0 Å². The number of rotatable bonds is 6. The van der Waals surface area contributed by atoms with E-state index in [2.05, 4.69) is 28.2 Å². The van der Waals surface area contributed by atoms with E-state index in [9.17, 15) is 13.2 Å². The lowest BCUT2D eigenvalue weighted by atomic mass is 9.93. The molecule has 2 aromatic heterocycles. The molecule has 35 heavy (non-hydrogen) atoms. The van der Waals surface area contributed by atoms with Crippen LogP contribution >= 0.6 is 0 Å². The number of likely N-dealkylation sites (tertiary alicyclic amines) is 1. The fourth-order valence-electron chi connectivity index (χ4n) is 4.71. The molecule has 0 spiro atoms. The van der Waals surface area contributed by atoms with E-state index < -0.39 is 11.7 Å². The summed E-state index contributed by atoms with van der Waals surface area (Å²) in [6, 6.07) is 5.79. The second kappa shape index (κ2) is 9.49. The zero-order valence-electron chi connectivity index (χ0n) is 19.8. The van der Waals surface area contributed by atoms with Crippen LogP contribution in [0.5, 0.6) is 0 Å². The van der Waals surface area contributed by atoms with Gasteiger partial charge in [-0.1, -0.05) is 0 Å². The number of anilines is 3. The number of benzene rings is 1. The normalized spacial score (nSPS) is 17.5. The number of halogens is 3. The van der Waals surface area contributed by atoms with Crippen molar-refractivity contribution in [2.24, 2.45) is 0 Å². The summed E-state index contributed by atoms with van der Waals surface area (Å²) in [4.78, 5) is 18.7. The highest BCUT2D eigenvalue weighted by Crippen LogP contribution is 2.33. The Morgan fingerprint density at radius 3 is 2.51 bits per heavy atom. The number of piperidine rings is 1. The second-order valence-corrected chi connectivity index (χ2v) is 9.55. The number of alkyl halides is 3. The van der Waals surface area contributed by atoms with E-state index in [1.807, 2.05) is 6.20 Å². The Labute approximate surface area is 202 Å². The zero-order chi connectivity index (χ0) is 24.6. The highest BCUT2D eigenvalue weighted by atomic mass is 19.4. The van der Waals surface area contributed by atoms with E-state index in [1.165, 1.54) is 0 Å². The minimum atomic E-state index is -4.43. The Kier molecular flexibility index (Phi) is 6.39. The minimum absolute atomic E-state index is 0.108. The Bertz CT molecular complexity index is 1200. The van der Waals surface area contributed by atoms with Gasteiger partial charge in [-0.3, -0.25) is 4.98 Å². The van der Waals surface area contributed by atoms with Gasteiger partial charge >= 0.3 is 6.18 Å². The molecule has 0 aliphatic carbocycles. The van der Waals surface area contributed by atoms with Crippen LogP contribution in [0.15, 0.2) is 30.5 Å². The maximum absolute atomic E-state index is 13.2. The second-order valence-electron chi connectivity index (χ2n) is 9.55. The van der Waals surface area contributed by atoms with E-state index in [0.29, 0.717) is 36.2 Å². The maximum Gasteiger partial charge on any atom is 0.416 e. The average Bonchev–Trinajstić information content (AvgIpc) is 2.77. The van der Waals surface area contributed by atoms with Gasteiger partial charge in [-0.25, -0.2) is 4.98 Å². The number of pyridine rings is 1. The van der Waals surface area contributed by atoms with E-state index in [4.69, 9.17) is 20.7 Å². The monoisotopic (exact) mass is 485 g/mol. The molecule has 3 aromatic rings. The minimum Gasteiger partial charge on any atom is -0.399 e. The molecule has 4 heterocycles. The fourth-order valence-corrected chi connectivity index (χ4v) is 4.71. The lowest BCUT2D eigenvalue weighted by Crippen LogP contribution is -2.38. The van der Waals surface area contributed by atoms with Gasteiger partial charge in [-0.05, 0) is 75.6 Å². The first-order valence-corrected chi connectivity index (χ1v) is 12.1. The van der Waals surface area contributed by atoms with Crippen molar-refractivity contribution < 1.29 is 13.2 Å². The number of fused-ring (bicyclic) bond motifs is 1. The molecule has 0 unspecified atom stereocenters. The van der Waals surface area contributed by atoms with Gasteiger partial charge in [0.15, 0.2) is 0 Å². The molecule has 10 heteroatoms. The molecule has 1 aromatic carbocycles. The lowest BCUT2D eigenvalue weighted by molar-refractivity contribution is -0.137. The van der Waals surface area contributed by atoms with E-state index in [1.54, 1.807) is 6.07 Å². The van der Waals surface area contributed by atoms with Gasteiger partial charge in [0.1, 0.15) is 5.82 Å². The molecule has 2 aliphatic rings. The van der Waals surface area contributed by atoms with Gasteiger partial charge in [0, 0.05) is 42.3 Å². The highest BCUT2D eigenvalue weighted by molar-refractivity contribution is 5.90. The summed E-state index contributed by atoms with van der Waals surface area (Å²) in [5.74, 6) is 1.74. The van der Waals surface area contributed by atoms with Crippen molar-refractivity contribution in [1.82, 2.24) is 19.9 Å². The molecule has 0 atom stereocenters. The van der Waals surface area contributed by atoms with Crippen LogP contribution < -0.4 is 16.0 Å². The largest absolute Gasteiger partial charge is 0.416 e. The van der Waals surface area contributed by atoms with Crippen LogP contribution in [0.1, 0.15) is 42.0 Å². The molecule has 0 bridgehead atoms. The molecule has 186 valence electrons. The van der Waals surface area contributed by atoms with Crippen LogP contribution in [-0.2, 0) is 12.6 Å². The van der Waals surface area contributed by atoms with E-state index in [-0.39, 0.29) is 5.69 Å². The number of nitrogens with two attached hydrogens (primary N) is 1. The molecular weight excluding hydrogens is 455 g/mol. The van der Waals surface area contributed by atoms with Gasteiger partial charge in [-0.15, -0.1) is 0 Å². The van der Waals surface area contributed by atoms with Crippen molar-refractivity contribution >= 4 is 28.4 Å². The predicted octanol–water partition coefficient (Wildman–Crippen LogP) is 4.30. The van der Waals surface area contributed by atoms with Crippen molar-refractivity contribution in [2.45, 2.75) is 37.8 Å². The molecule has 7 nitrogen and oxygen atoms in total. The number of nitrogens with one attached hydrogen (secondary N) is 1.